The molecule has 2 rings (SSSR count). The van der Waals surface area contributed by atoms with E-state index in [0.29, 0.717) is 12.8 Å². The first-order valence-electron chi connectivity index (χ1n) is 8.67. The highest BCUT2D eigenvalue weighted by atomic mass is 16.2. The summed E-state index contributed by atoms with van der Waals surface area (Å²) in [5.74, 6) is 1.71. The van der Waals surface area contributed by atoms with Crippen LogP contribution in [0.3, 0.4) is 0 Å². The van der Waals surface area contributed by atoms with E-state index in [1.807, 2.05) is 18.2 Å². The van der Waals surface area contributed by atoms with Crippen molar-refractivity contribution >= 4 is 23.1 Å². The van der Waals surface area contributed by atoms with Crippen molar-refractivity contribution in [3.8, 4) is 12.3 Å². The fourth-order valence-electron chi connectivity index (χ4n) is 3.92. The number of Topliss-reactive ketones (excluding diaryl/α,β-unsaturated/α-hetero) is 4. The maximum atomic E-state index is 12.2. The lowest BCUT2D eigenvalue weighted by Gasteiger charge is -2.27. The van der Waals surface area contributed by atoms with Crippen molar-refractivity contribution in [2.75, 3.05) is 0 Å². The molecule has 4 nitrogen and oxygen atoms in total. The Morgan fingerprint density at radius 3 is 2.00 bits per heavy atom. The molecule has 0 atom stereocenters. The van der Waals surface area contributed by atoms with Crippen LogP contribution in [0.2, 0.25) is 0 Å². The number of fused-ring (bicyclic) bond motifs is 1. The lowest BCUT2D eigenvalue weighted by Crippen LogP contribution is -2.38. The summed E-state index contributed by atoms with van der Waals surface area (Å²) in [6.45, 7) is 5.69. The molecule has 0 aromatic heterocycles. The van der Waals surface area contributed by atoms with Crippen LogP contribution in [0.5, 0.6) is 0 Å². The average Bonchev–Trinajstić information content (AvgIpc) is 2.94. The zero-order chi connectivity index (χ0) is 19.7. The van der Waals surface area contributed by atoms with Crippen LogP contribution in [0.15, 0.2) is 18.2 Å². The molecular formula is C22H24O4. The lowest BCUT2D eigenvalue weighted by molar-refractivity contribution is -0.139. The monoisotopic (exact) mass is 352 g/mol. The van der Waals surface area contributed by atoms with E-state index in [1.54, 1.807) is 0 Å². The van der Waals surface area contributed by atoms with E-state index in [-0.39, 0.29) is 36.0 Å². The molecule has 0 radical (unpaired) electrons. The maximum absolute atomic E-state index is 12.2. The zero-order valence-electron chi connectivity index (χ0n) is 15.8. The Balaban J connectivity index is 2.42. The van der Waals surface area contributed by atoms with Gasteiger partial charge in [0.1, 0.15) is 28.5 Å². The largest absolute Gasteiger partial charge is 0.299 e. The standard InChI is InChI=1S/C22H24O4/c1-6-9-21(14(2)23,15(3)24)11-18-7-8-19-12-22(16(4)25,17(5)26)13-20(19)10-18/h1,7-8,10H,9,11-13H2,2-5H3. The minimum Gasteiger partial charge on any atom is -0.299 e. The van der Waals surface area contributed by atoms with Gasteiger partial charge in [0.25, 0.3) is 0 Å². The second-order valence-corrected chi connectivity index (χ2v) is 7.40. The van der Waals surface area contributed by atoms with Crippen molar-refractivity contribution in [1.82, 2.24) is 0 Å². The number of terminal acetylenes is 1. The van der Waals surface area contributed by atoms with E-state index in [1.165, 1.54) is 27.7 Å². The van der Waals surface area contributed by atoms with Crippen molar-refractivity contribution in [2.45, 2.75) is 53.4 Å². The molecular weight excluding hydrogens is 328 g/mol. The van der Waals surface area contributed by atoms with Crippen molar-refractivity contribution in [3.63, 3.8) is 0 Å². The van der Waals surface area contributed by atoms with Gasteiger partial charge in [-0.15, -0.1) is 12.3 Å². The normalized spacial score (nSPS) is 15.0. The minimum atomic E-state index is -1.22. The fraction of sp³-hybridized carbons (Fsp3) is 0.455. The summed E-state index contributed by atoms with van der Waals surface area (Å²) in [4.78, 5) is 48.7. The van der Waals surface area contributed by atoms with Gasteiger partial charge in [0.2, 0.25) is 0 Å². The predicted molar refractivity (Wildman–Crippen MR) is 98.6 cm³/mol. The highest BCUT2D eigenvalue weighted by molar-refractivity contribution is 6.07. The molecule has 4 heteroatoms. The van der Waals surface area contributed by atoms with E-state index in [9.17, 15) is 19.2 Å². The molecule has 0 unspecified atom stereocenters. The van der Waals surface area contributed by atoms with Crippen LogP contribution in [0.4, 0.5) is 0 Å². The van der Waals surface area contributed by atoms with Gasteiger partial charge in [-0.2, -0.15) is 0 Å². The molecule has 1 aromatic carbocycles. The molecule has 0 aliphatic heterocycles. The molecule has 0 N–H and O–H groups in total. The second-order valence-electron chi connectivity index (χ2n) is 7.40. The first-order valence-corrected chi connectivity index (χ1v) is 8.67. The fourth-order valence-corrected chi connectivity index (χ4v) is 3.92. The van der Waals surface area contributed by atoms with Crippen molar-refractivity contribution in [3.05, 3.63) is 34.9 Å². The van der Waals surface area contributed by atoms with Gasteiger partial charge in [0.15, 0.2) is 0 Å². The van der Waals surface area contributed by atoms with Crippen LogP contribution >= 0.6 is 0 Å². The Bertz CT molecular complexity index is 810. The zero-order valence-corrected chi connectivity index (χ0v) is 15.8. The molecule has 1 aromatic rings. The Hall–Kier alpha value is -2.54. The number of hydrogen-bond donors (Lipinski definition) is 0. The molecule has 0 heterocycles. The number of ketones is 4. The summed E-state index contributed by atoms with van der Waals surface area (Å²) in [5, 5.41) is 0. The number of carbonyl (C=O) groups is 4. The lowest BCUT2D eigenvalue weighted by atomic mass is 9.72. The van der Waals surface area contributed by atoms with Gasteiger partial charge in [0, 0.05) is 6.42 Å². The van der Waals surface area contributed by atoms with Crippen molar-refractivity contribution in [2.24, 2.45) is 10.8 Å². The molecule has 1 aliphatic carbocycles. The van der Waals surface area contributed by atoms with Gasteiger partial charge >= 0.3 is 0 Å². The van der Waals surface area contributed by atoms with Crippen LogP contribution in [-0.4, -0.2) is 23.1 Å². The van der Waals surface area contributed by atoms with Crippen LogP contribution < -0.4 is 0 Å². The third-order valence-corrected chi connectivity index (χ3v) is 5.86. The van der Waals surface area contributed by atoms with Crippen molar-refractivity contribution < 1.29 is 19.2 Å². The molecule has 0 saturated carbocycles. The van der Waals surface area contributed by atoms with Gasteiger partial charge in [-0.3, -0.25) is 19.2 Å². The first kappa shape index (κ1) is 19.8. The molecule has 136 valence electrons. The average molecular weight is 352 g/mol. The van der Waals surface area contributed by atoms with Gasteiger partial charge in [0.05, 0.1) is 5.41 Å². The summed E-state index contributed by atoms with van der Waals surface area (Å²) < 4.78 is 0. The summed E-state index contributed by atoms with van der Waals surface area (Å²) >= 11 is 0. The summed E-state index contributed by atoms with van der Waals surface area (Å²) in [7, 11) is 0. The van der Waals surface area contributed by atoms with E-state index >= 15 is 0 Å². The Labute approximate surface area is 154 Å². The van der Waals surface area contributed by atoms with Crippen LogP contribution in [-0.2, 0) is 38.4 Å². The molecule has 0 amide bonds. The van der Waals surface area contributed by atoms with Crippen LogP contribution in [0.25, 0.3) is 0 Å². The van der Waals surface area contributed by atoms with E-state index in [0.717, 1.165) is 16.7 Å². The third-order valence-electron chi connectivity index (χ3n) is 5.86. The Morgan fingerprint density at radius 2 is 1.54 bits per heavy atom. The minimum absolute atomic E-state index is 0.0551. The van der Waals surface area contributed by atoms with Gasteiger partial charge < -0.3 is 0 Å². The van der Waals surface area contributed by atoms with E-state index < -0.39 is 10.8 Å². The third kappa shape index (κ3) is 3.14. The molecule has 1 aliphatic rings. The molecule has 0 spiro atoms. The summed E-state index contributed by atoms with van der Waals surface area (Å²) in [5.41, 5.74) is 0.493. The Morgan fingerprint density at radius 1 is 1.00 bits per heavy atom. The SMILES string of the molecule is C#CCC(Cc1ccc2c(c1)CC(C(C)=O)(C(C)=O)C2)(C(C)=O)C(C)=O. The molecule has 0 fully saturated rings. The quantitative estimate of drug-likeness (QED) is 0.559. The Kier molecular flexibility index (Phi) is 5.32. The number of rotatable bonds is 7. The number of benzene rings is 1. The first-order chi connectivity index (χ1) is 12.1. The highest BCUT2D eigenvalue weighted by Crippen LogP contribution is 2.40. The smallest absolute Gasteiger partial charge is 0.144 e. The van der Waals surface area contributed by atoms with E-state index in [4.69, 9.17) is 6.42 Å². The van der Waals surface area contributed by atoms with Crippen LogP contribution in [0.1, 0.15) is 50.8 Å². The maximum Gasteiger partial charge on any atom is 0.144 e. The van der Waals surface area contributed by atoms with E-state index in [2.05, 4.69) is 5.92 Å². The topological polar surface area (TPSA) is 68.3 Å². The van der Waals surface area contributed by atoms with Crippen molar-refractivity contribution in [1.29, 1.82) is 0 Å². The predicted octanol–water partition coefficient (Wildman–Crippen LogP) is 2.68. The number of carbonyl (C=O) groups excluding carboxylic acids is 4. The second kappa shape index (κ2) is 6.99. The van der Waals surface area contributed by atoms with Gasteiger partial charge in [-0.05, 0) is 63.6 Å². The molecule has 0 saturated heterocycles. The highest BCUT2D eigenvalue weighted by Gasteiger charge is 2.46. The van der Waals surface area contributed by atoms with Gasteiger partial charge in [-0.25, -0.2) is 0 Å². The molecule has 26 heavy (non-hydrogen) atoms. The summed E-state index contributed by atoms with van der Waals surface area (Å²) in [6, 6.07) is 5.64. The molecule has 0 bridgehead atoms. The summed E-state index contributed by atoms with van der Waals surface area (Å²) in [6.07, 6.45) is 6.46. The van der Waals surface area contributed by atoms with Crippen LogP contribution in [0, 0.1) is 23.2 Å². The number of hydrogen-bond acceptors (Lipinski definition) is 4. The van der Waals surface area contributed by atoms with Gasteiger partial charge in [-0.1, -0.05) is 18.2 Å².